The fourth-order valence-corrected chi connectivity index (χ4v) is 2.28. The van der Waals surface area contributed by atoms with Crippen molar-refractivity contribution in [3.63, 3.8) is 0 Å². The Hall–Kier alpha value is -1.62. The molecular formula is C13H20N4O. The minimum absolute atomic E-state index is 0.0701. The van der Waals surface area contributed by atoms with Crippen LogP contribution < -0.4 is 10.6 Å². The van der Waals surface area contributed by atoms with Gasteiger partial charge in [0.15, 0.2) is 0 Å². The Morgan fingerprint density at radius 2 is 2.33 bits per heavy atom. The van der Waals surface area contributed by atoms with E-state index in [1.165, 1.54) is 6.42 Å². The third-order valence-corrected chi connectivity index (χ3v) is 3.47. The van der Waals surface area contributed by atoms with Gasteiger partial charge in [-0.15, -0.1) is 0 Å². The van der Waals surface area contributed by atoms with E-state index in [2.05, 4.69) is 9.88 Å². The molecule has 0 saturated heterocycles. The molecule has 0 bridgehead atoms. The summed E-state index contributed by atoms with van der Waals surface area (Å²) in [6, 6.07) is 2.28. The van der Waals surface area contributed by atoms with Gasteiger partial charge >= 0.3 is 0 Å². The Kier molecular flexibility index (Phi) is 4.15. The van der Waals surface area contributed by atoms with Crippen LogP contribution in [0.15, 0.2) is 18.5 Å². The van der Waals surface area contributed by atoms with Crippen LogP contribution in [0.3, 0.4) is 0 Å². The number of hydrogen-bond acceptors (Lipinski definition) is 4. The first kappa shape index (κ1) is 12.8. The Bertz CT molecular complexity index is 417. The molecule has 2 rings (SSSR count). The van der Waals surface area contributed by atoms with Crippen molar-refractivity contribution < 1.29 is 5.11 Å². The van der Waals surface area contributed by atoms with Gasteiger partial charge in [0.1, 0.15) is 5.84 Å². The molecule has 4 N–H and O–H groups in total. The summed E-state index contributed by atoms with van der Waals surface area (Å²) in [5.74, 6) is 0.0701. The number of aromatic nitrogens is 1. The van der Waals surface area contributed by atoms with Gasteiger partial charge in [-0.1, -0.05) is 0 Å². The van der Waals surface area contributed by atoms with Crippen LogP contribution in [0.25, 0.3) is 0 Å². The quantitative estimate of drug-likeness (QED) is 0.520. The Balaban J connectivity index is 2.25. The van der Waals surface area contributed by atoms with Gasteiger partial charge in [0.2, 0.25) is 0 Å². The number of aliphatic hydroxyl groups excluding tert-OH is 1. The molecule has 1 aliphatic rings. The van der Waals surface area contributed by atoms with Crippen molar-refractivity contribution in [1.29, 1.82) is 5.41 Å². The summed E-state index contributed by atoms with van der Waals surface area (Å²) in [5, 5.41) is 16.6. The van der Waals surface area contributed by atoms with E-state index in [-0.39, 0.29) is 12.4 Å². The van der Waals surface area contributed by atoms with Crippen LogP contribution in [-0.2, 0) is 0 Å². The van der Waals surface area contributed by atoms with E-state index in [0.29, 0.717) is 6.04 Å². The van der Waals surface area contributed by atoms with Crippen LogP contribution in [0.5, 0.6) is 0 Å². The Morgan fingerprint density at radius 1 is 1.56 bits per heavy atom. The Labute approximate surface area is 107 Å². The number of rotatable bonds is 6. The van der Waals surface area contributed by atoms with E-state index in [1.807, 2.05) is 0 Å². The summed E-state index contributed by atoms with van der Waals surface area (Å²) in [6.45, 7) is 0.964. The molecular weight excluding hydrogens is 228 g/mol. The monoisotopic (exact) mass is 248 g/mol. The zero-order valence-electron chi connectivity index (χ0n) is 10.5. The van der Waals surface area contributed by atoms with Crippen molar-refractivity contribution in [3.05, 3.63) is 24.0 Å². The second kappa shape index (κ2) is 5.82. The van der Waals surface area contributed by atoms with E-state index in [0.717, 1.165) is 37.1 Å². The van der Waals surface area contributed by atoms with Gasteiger partial charge in [-0.3, -0.25) is 10.4 Å². The van der Waals surface area contributed by atoms with Gasteiger partial charge in [-0.25, -0.2) is 0 Å². The Morgan fingerprint density at radius 3 is 2.89 bits per heavy atom. The van der Waals surface area contributed by atoms with Crippen LogP contribution in [0.4, 0.5) is 5.69 Å². The number of nitrogens with zero attached hydrogens (tertiary/aromatic N) is 2. The predicted octanol–water partition coefficient (Wildman–Crippen LogP) is 1.11. The number of aliphatic hydroxyl groups is 1. The van der Waals surface area contributed by atoms with Crippen LogP contribution in [0.2, 0.25) is 0 Å². The molecule has 5 heteroatoms. The van der Waals surface area contributed by atoms with Crippen molar-refractivity contribution in [2.45, 2.75) is 31.7 Å². The summed E-state index contributed by atoms with van der Waals surface area (Å²) < 4.78 is 0. The number of anilines is 1. The molecule has 1 aliphatic carbocycles. The zero-order chi connectivity index (χ0) is 13.0. The summed E-state index contributed by atoms with van der Waals surface area (Å²) >= 11 is 0. The largest absolute Gasteiger partial charge is 0.396 e. The lowest BCUT2D eigenvalue weighted by Gasteiger charge is -2.39. The molecule has 0 unspecified atom stereocenters. The first-order valence-electron chi connectivity index (χ1n) is 6.40. The minimum Gasteiger partial charge on any atom is -0.396 e. The lowest BCUT2D eigenvalue weighted by atomic mass is 9.90. The number of pyridine rings is 1. The molecule has 1 fully saturated rings. The molecule has 5 nitrogen and oxygen atoms in total. The van der Waals surface area contributed by atoms with Crippen molar-refractivity contribution in [1.82, 2.24) is 4.98 Å². The van der Waals surface area contributed by atoms with E-state index in [1.54, 1.807) is 18.5 Å². The second-order valence-electron chi connectivity index (χ2n) is 4.66. The normalized spacial score (nSPS) is 15.2. The lowest BCUT2D eigenvalue weighted by Crippen LogP contribution is -2.42. The highest BCUT2D eigenvalue weighted by atomic mass is 16.3. The fourth-order valence-electron chi connectivity index (χ4n) is 2.28. The van der Waals surface area contributed by atoms with Gasteiger partial charge in [0.25, 0.3) is 0 Å². The SMILES string of the molecule is N=C(N)c1ccncc1N(CCCO)C1CCC1. The van der Waals surface area contributed by atoms with Crippen molar-refractivity contribution >= 4 is 11.5 Å². The van der Waals surface area contributed by atoms with Gasteiger partial charge in [0.05, 0.1) is 11.9 Å². The van der Waals surface area contributed by atoms with Crippen molar-refractivity contribution in [3.8, 4) is 0 Å². The maximum Gasteiger partial charge on any atom is 0.125 e. The summed E-state index contributed by atoms with van der Waals surface area (Å²) in [7, 11) is 0. The topological polar surface area (TPSA) is 86.2 Å². The number of nitrogen functional groups attached to an aromatic ring is 1. The van der Waals surface area contributed by atoms with Crippen molar-refractivity contribution in [2.24, 2.45) is 5.73 Å². The maximum atomic E-state index is 9.00. The molecule has 0 spiro atoms. The minimum atomic E-state index is 0.0701. The average molecular weight is 248 g/mol. The van der Waals surface area contributed by atoms with Gasteiger partial charge < -0.3 is 15.7 Å². The molecule has 1 heterocycles. The molecule has 0 amide bonds. The highest BCUT2D eigenvalue weighted by Crippen LogP contribution is 2.31. The lowest BCUT2D eigenvalue weighted by molar-refractivity contribution is 0.283. The van der Waals surface area contributed by atoms with Crippen LogP contribution >= 0.6 is 0 Å². The summed E-state index contributed by atoms with van der Waals surface area (Å²) in [4.78, 5) is 6.38. The second-order valence-corrected chi connectivity index (χ2v) is 4.66. The maximum absolute atomic E-state index is 9.00. The van der Waals surface area contributed by atoms with Crippen LogP contribution in [-0.4, -0.2) is 35.1 Å². The average Bonchev–Trinajstić information content (AvgIpc) is 2.32. The van der Waals surface area contributed by atoms with Crippen LogP contribution in [0.1, 0.15) is 31.2 Å². The van der Waals surface area contributed by atoms with Gasteiger partial charge in [0, 0.05) is 31.0 Å². The molecule has 1 aromatic rings. The molecule has 0 atom stereocenters. The molecule has 1 saturated carbocycles. The number of amidine groups is 1. The van der Waals surface area contributed by atoms with Gasteiger partial charge in [-0.05, 0) is 31.7 Å². The van der Waals surface area contributed by atoms with E-state index < -0.39 is 0 Å². The molecule has 0 radical (unpaired) electrons. The van der Waals surface area contributed by atoms with Gasteiger partial charge in [-0.2, -0.15) is 0 Å². The fraction of sp³-hybridized carbons (Fsp3) is 0.538. The number of hydrogen-bond donors (Lipinski definition) is 3. The molecule has 18 heavy (non-hydrogen) atoms. The first-order valence-corrected chi connectivity index (χ1v) is 6.40. The number of nitrogens with two attached hydrogens (primary N) is 1. The zero-order valence-corrected chi connectivity index (χ0v) is 10.5. The van der Waals surface area contributed by atoms with E-state index in [4.69, 9.17) is 16.2 Å². The predicted molar refractivity (Wildman–Crippen MR) is 71.9 cm³/mol. The van der Waals surface area contributed by atoms with Crippen molar-refractivity contribution in [2.75, 3.05) is 18.1 Å². The molecule has 0 aliphatic heterocycles. The third kappa shape index (κ3) is 2.61. The molecule has 0 aromatic carbocycles. The summed E-state index contributed by atoms with van der Waals surface area (Å²) in [5.41, 5.74) is 7.27. The summed E-state index contributed by atoms with van der Waals surface area (Å²) in [6.07, 6.45) is 7.73. The molecule has 1 aromatic heterocycles. The number of nitrogens with one attached hydrogen (secondary N) is 1. The highest BCUT2D eigenvalue weighted by Gasteiger charge is 2.26. The highest BCUT2D eigenvalue weighted by molar-refractivity contribution is 6.00. The smallest absolute Gasteiger partial charge is 0.125 e. The van der Waals surface area contributed by atoms with Crippen LogP contribution in [0, 0.1) is 5.41 Å². The first-order chi connectivity index (χ1) is 8.74. The van der Waals surface area contributed by atoms with E-state index >= 15 is 0 Å². The third-order valence-electron chi connectivity index (χ3n) is 3.47. The molecule has 98 valence electrons. The standard InChI is InChI=1S/C13H20N4O/c14-13(15)11-5-6-16-9-12(11)17(7-2-8-18)10-3-1-4-10/h5-6,9-10,18H,1-4,7-8H2,(H3,14,15). The van der Waals surface area contributed by atoms with E-state index in [9.17, 15) is 0 Å².